The minimum atomic E-state index is 0.952. The Bertz CT molecular complexity index is 192. The Labute approximate surface area is 88.8 Å². The third-order valence-corrected chi connectivity index (χ3v) is 1.31. The summed E-state index contributed by atoms with van der Waals surface area (Å²) in [5, 5.41) is 0. The first-order valence-electron chi connectivity index (χ1n) is 5.60. The summed E-state index contributed by atoms with van der Waals surface area (Å²) >= 11 is 0. The zero-order valence-electron chi connectivity index (χ0n) is 10.5. The maximum atomic E-state index is 4.16. The van der Waals surface area contributed by atoms with Gasteiger partial charge in [0.25, 0.3) is 0 Å². The average molecular weight is 196 g/mol. The molecule has 0 fully saturated rings. The highest BCUT2D eigenvalue weighted by Gasteiger charge is 1.91. The Kier molecular flexibility index (Phi) is 13.4. The lowest BCUT2D eigenvalue weighted by molar-refractivity contribution is 0.830. The fraction of sp³-hybridized carbons (Fsp3) is 0.667. The quantitative estimate of drug-likeness (QED) is 0.719. The molecule has 0 radical (unpaired) electrons. The maximum absolute atomic E-state index is 4.16. The minimum absolute atomic E-state index is 0.952. The zero-order valence-corrected chi connectivity index (χ0v) is 10.5. The molecule has 2 heteroatoms. The molecule has 0 bridgehead atoms. The van der Waals surface area contributed by atoms with Crippen LogP contribution < -0.4 is 0 Å². The Morgan fingerprint density at radius 1 is 1.00 bits per heavy atom. The molecule has 0 atom stereocenters. The van der Waals surface area contributed by atoms with E-state index in [9.17, 15) is 0 Å². The molecule has 0 aliphatic rings. The van der Waals surface area contributed by atoms with Gasteiger partial charge in [0.15, 0.2) is 0 Å². The molecule has 0 N–H and O–H groups in total. The van der Waals surface area contributed by atoms with Gasteiger partial charge >= 0.3 is 0 Å². The first-order valence-corrected chi connectivity index (χ1v) is 5.60. The van der Waals surface area contributed by atoms with Crippen LogP contribution in [0.25, 0.3) is 0 Å². The number of hydrogen-bond donors (Lipinski definition) is 0. The van der Waals surface area contributed by atoms with E-state index in [4.69, 9.17) is 0 Å². The van der Waals surface area contributed by atoms with Crippen molar-refractivity contribution in [3.05, 3.63) is 23.8 Å². The monoisotopic (exact) mass is 196 g/mol. The minimum Gasteiger partial charge on any atom is -0.241 e. The standard InChI is InChI=1S/C8H12N2.2C2H6/c1-3-4-8-9-5-7(2)6-10-8;2*1-2/h5-6H,3-4H2,1-2H3;2*1-2H3. The van der Waals surface area contributed by atoms with Crippen LogP contribution in [-0.4, -0.2) is 9.97 Å². The average Bonchev–Trinajstić information content (AvgIpc) is 2.28. The highest BCUT2D eigenvalue weighted by molar-refractivity contribution is 5.01. The van der Waals surface area contributed by atoms with Crippen molar-refractivity contribution in [2.45, 2.75) is 54.4 Å². The third-order valence-electron chi connectivity index (χ3n) is 1.31. The number of hydrogen-bond acceptors (Lipinski definition) is 2. The van der Waals surface area contributed by atoms with Crippen molar-refractivity contribution in [3.8, 4) is 0 Å². The van der Waals surface area contributed by atoms with Gasteiger partial charge in [-0.25, -0.2) is 9.97 Å². The molecule has 1 aromatic heterocycles. The fourth-order valence-electron chi connectivity index (χ4n) is 0.772. The molecule has 1 rings (SSSR count). The molecule has 82 valence electrons. The molecule has 0 aliphatic carbocycles. The molecule has 0 aromatic carbocycles. The van der Waals surface area contributed by atoms with E-state index in [0.29, 0.717) is 0 Å². The summed E-state index contributed by atoms with van der Waals surface area (Å²) in [6, 6.07) is 0. The molecule has 0 spiro atoms. The first-order chi connectivity index (χ1) is 6.83. The van der Waals surface area contributed by atoms with Crippen LogP contribution in [0.5, 0.6) is 0 Å². The van der Waals surface area contributed by atoms with Crippen LogP contribution in [0.3, 0.4) is 0 Å². The van der Waals surface area contributed by atoms with Gasteiger partial charge in [-0.2, -0.15) is 0 Å². The van der Waals surface area contributed by atoms with Gasteiger partial charge in [-0.15, -0.1) is 0 Å². The Balaban J connectivity index is 0. The predicted molar refractivity (Wildman–Crippen MR) is 63.5 cm³/mol. The Morgan fingerprint density at radius 2 is 1.43 bits per heavy atom. The molecule has 0 aliphatic heterocycles. The summed E-state index contributed by atoms with van der Waals surface area (Å²) in [5.41, 5.74) is 1.12. The molecule has 1 aromatic rings. The van der Waals surface area contributed by atoms with Crippen LogP contribution in [0.4, 0.5) is 0 Å². The fourth-order valence-corrected chi connectivity index (χ4v) is 0.772. The van der Waals surface area contributed by atoms with Gasteiger partial charge in [-0.1, -0.05) is 34.6 Å². The van der Waals surface area contributed by atoms with Crippen molar-refractivity contribution in [1.82, 2.24) is 9.97 Å². The van der Waals surface area contributed by atoms with Gasteiger partial charge in [-0.3, -0.25) is 0 Å². The van der Waals surface area contributed by atoms with Gasteiger partial charge < -0.3 is 0 Å². The van der Waals surface area contributed by atoms with Gasteiger partial charge in [0.1, 0.15) is 5.82 Å². The van der Waals surface area contributed by atoms with Crippen molar-refractivity contribution >= 4 is 0 Å². The third kappa shape index (κ3) is 7.71. The summed E-state index contributed by atoms with van der Waals surface area (Å²) < 4.78 is 0. The number of nitrogens with zero attached hydrogens (tertiary/aromatic N) is 2. The van der Waals surface area contributed by atoms with Crippen LogP contribution in [0, 0.1) is 6.92 Å². The SMILES string of the molecule is CC.CC.CCCc1ncc(C)cn1. The van der Waals surface area contributed by atoms with Crippen molar-refractivity contribution in [3.63, 3.8) is 0 Å². The zero-order chi connectivity index (χ0) is 11.4. The highest BCUT2D eigenvalue weighted by Crippen LogP contribution is 1.95. The number of rotatable bonds is 2. The van der Waals surface area contributed by atoms with E-state index in [-0.39, 0.29) is 0 Å². The van der Waals surface area contributed by atoms with Crippen molar-refractivity contribution in [2.75, 3.05) is 0 Å². The van der Waals surface area contributed by atoms with E-state index >= 15 is 0 Å². The van der Waals surface area contributed by atoms with Crippen LogP contribution >= 0.6 is 0 Å². The molecular weight excluding hydrogens is 172 g/mol. The van der Waals surface area contributed by atoms with E-state index in [1.54, 1.807) is 0 Å². The lowest BCUT2D eigenvalue weighted by Crippen LogP contribution is -1.92. The van der Waals surface area contributed by atoms with Crippen molar-refractivity contribution in [1.29, 1.82) is 0 Å². The normalized spacial score (nSPS) is 7.86. The summed E-state index contributed by atoms with van der Waals surface area (Å²) in [5.74, 6) is 0.952. The molecule has 0 saturated heterocycles. The Morgan fingerprint density at radius 3 is 1.79 bits per heavy atom. The van der Waals surface area contributed by atoms with Crippen LogP contribution in [0.2, 0.25) is 0 Å². The Hall–Kier alpha value is -0.920. The second kappa shape index (κ2) is 12.1. The highest BCUT2D eigenvalue weighted by atomic mass is 14.9. The van der Waals surface area contributed by atoms with Gasteiger partial charge in [-0.05, 0) is 18.9 Å². The van der Waals surface area contributed by atoms with E-state index in [0.717, 1.165) is 24.2 Å². The molecule has 14 heavy (non-hydrogen) atoms. The molecule has 0 amide bonds. The van der Waals surface area contributed by atoms with Crippen LogP contribution in [-0.2, 0) is 6.42 Å². The second-order valence-electron chi connectivity index (χ2n) is 2.43. The molecule has 2 nitrogen and oxygen atoms in total. The van der Waals surface area contributed by atoms with Crippen LogP contribution in [0.15, 0.2) is 12.4 Å². The largest absolute Gasteiger partial charge is 0.241 e. The van der Waals surface area contributed by atoms with E-state index < -0.39 is 0 Å². The summed E-state index contributed by atoms with van der Waals surface area (Å²) in [6.45, 7) is 12.1. The van der Waals surface area contributed by atoms with Crippen molar-refractivity contribution < 1.29 is 0 Å². The van der Waals surface area contributed by atoms with Gasteiger partial charge in [0.05, 0.1) is 0 Å². The molecule has 0 unspecified atom stereocenters. The summed E-state index contributed by atoms with van der Waals surface area (Å²) in [4.78, 5) is 8.31. The van der Waals surface area contributed by atoms with E-state index in [1.807, 2.05) is 47.0 Å². The van der Waals surface area contributed by atoms with E-state index in [1.165, 1.54) is 0 Å². The topological polar surface area (TPSA) is 25.8 Å². The summed E-state index contributed by atoms with van der Waals surface area (Å²) in [7, 11) is 0. The lowest BCUT2D eigenvalue weighted by Gasteiger charge is -1.95. The number of aromatic nitrogens is 2. The molecule has 0 saturated carbocycles. The second-order valence-corrected chi connectivity index (χ2v) is 2.43. The lowest BCUT2D eigenvalue weighted by atomic mass is 10.3. The van der Waals surface area contributed by atoms with Gasteiger partial charge in [0, 0.05) is 18.8 Å². The smallest absolute Gasteiger partial charge is 0.128 e. The summed E-state index contributed by atoms with van der Waals surface area (Å²) in [6.07, 6.45) is 5.82. The van der Waals surface area contributed by atoms with Gasteiger partial charge in [0.2, 0.25) is 0 Å². The predicted octanol–water partition coefficient (Wildman–Crippen LogP) is 3.79. The number of aryl methyl sites for hydroxylation is 2. The first kappa shape index (κ1) is 15.5. The van der Waals surface area contributed by atoms with Crippen LogP contribution in [0.1, 0.15) is 52.4 Å². The van der Waals surface area contributed by atoms with Crippen molar-refractivity contribution in [2.24, 2.45) is 0 Å². The maximum Gasteiger partial charge on any atom is 0.128 e. The van der Waals surface area contributed by atoms with E-state index in [2.05, 4.69) is 16.9 Å². The molecule has 1 heterocycles. The molecular formula is C12H24N2.